The summed E-state index contributed by atoms with van der Waals surface area (Å²) in [5.41, 5.74) is -0.280. The second kappa shape index (κ2) is 7.74. The van der Waals surface area contributed by atoms with Crippen LogP contribution < -0.4 is 4.74 Å². The summed E-state index contributed by atoms with van der Waals surface area (Å²) in [6.07, 6.45) is 0. The van der Waals surface area contributed by atoms with E-state index in [1.807, 2.05) is 17.5 Å². The Hall–Kier alpha value is -3.27. The van der Waals surface area contributed by atoms with Gasteiger partial charge in [-0.15, -0.1) is 11.3 Å². The van der Waals surface area contributed by atoms with E-state index in [0.29, 0.717) is 5.82 Å². The van der Waals surface area contributed by atoms with E-state index in [9.17, 15) is 14.9 Å². The average molecular weight is 375 g/mol. The molecule has 0 aliphatic rings. The zero-order valence-corrected chi connectivity index (χ0v) is 14.4. The molecular formula is C16H13N3O6S. The quantitative estimate of drug-likeness (QED) is 0.350. The molecule has 0 unspecified atom stereocenters. The van der Waals surface area contributed by atoms with Gasteiger partial charge in [-0.3, -0.25) is 10.1 Å². The van der Waals surface area contributed by atoms with Crippen LogP contribution in [0.3, 0.4) is 0 Å². The van der Waals surface area contributed by atoms with Crippen molar-refractivity contribution in [2.45, 2.75) is 13.5 Å². The summed E-state index contributed by atoms with van der Waals surface area (Å²) in [6, 6.07) is 7.56. The zero-order chi connectivity index (χ0) is 18.5. The van der Waals surface area contributed by atoms with Gasteiger partial charge >= 0.3 is 11.7 Å². The van der Waals surface area contributed by atoms with Gasteiger partial charge in [0.1, 0.15) is 0 Å². The highest BCUT2D eigenvalue weighted by Crippen LogP contribution is 2.28. The number of nitro groups is 1. The number of nitrogens with zero attached hydrogens (tertiary/aromatic N) is 3. The van der Waals surface area contributed by atoms with Gasteiger partial charge < -0.3 is 14.0 Å². The van der Waals surface area contributed by atoms with E-state index in [1.165, 1.54) is 23.5 Å². The molecule has 0 N–H and O–H groups in total. The monoisotopic (exact) mass is 375 g/mol. The molecule has 0 aliphatic heterocycles. The van der Waals surface area contributed by atoms with E-state index in [1.54, 1.807) is 6.92 Å². The largest absolute Gasteiger partial charge is 0.487 e. The molecule has 0 radical (unpaired) electrons. The fraction of sp³-hybridized carbons (Fsp3) is 0.188. The number of nitro benzene ring substituents is 1. The Morgan fingerprint density at radius 3 is 2.92 bits per heavy atom. The summed E-state index contributed by atoms with van der Waals surface area (Å²) < 4.78 is 15.3. The Kier molecular flexibility index (Phi) is 5.23. The molecule has 10 heteroatoms. The van der Waals surface area contributed by atoms with Crippen LogP contribution in [0.2, 0.25) is 0 Å². The summed E-state index contributed by atoms with van der Waals surface area (Å²) in [5.74, 6) is -0.122. The fourth-order valence-corrected chi connectivity index (χ4v) is 2.74. The van der Waals surface area contributed by atoms with E-state index < -0.39 is 10.9 Å². The topological polar surface area (TPSA) is 118 Å². The molecule has 1 aromatic carbocycles. The van der Waals surface area contributed by atoms with E-state index in [2.05, 4.69) is 10.1 Å². The van der Waals surface area contributed by atoms with E-state index in [0.717, 1.165) is 10.9 Å². The Morgan fingerprint density at radius 1 is 1.38 bits per heavy atom. The average Bonchev–Trinajstić information content (AvgIpc) is 3.31. The van der Waals surface area contributed by atoms with Gasteiger partial charge in [0.25, 0.3) is 5.89 Å². The minimum absolute atomic E-state index is 0.0261. The molecule has 134 valence electrons. The molecule has 2 aromatic heterocycles. The second-order valence-corrected chi connectivity index (χ2v) is 5.89. The molecule has 0 bridgehead atoms. The van der Waals surface area contributed by atoms with Crippen LogP contribution in [-0.4, -0.2) is 27.6 Å². The molecule has 26 heavy (non-hydrogen) atoms. The number of ether oxygens (including phenoxy) is 2. The standard InChI is InChI=1S/C16H13N3O6S/c1-2-23-12-6-5-10(8-11(12)19(21)22)16(20)24-9-14-17-15(18-25-14)13-4-3-7-26-13/h3-8H,2,9H2,1H3. The molecular weight excluding hydrogens is 362 g/mol. The van der Waals surface area contributed by atoms with Gasteiger partial charge in [-0.25, -0.2) is 4.79 Å². The molecule has 3 rings (SSSR count). The maximum absolute atomic E-state index is 12.1. The third-order valence-electron chi connectivity index (χ3n) is 3.23. The third kappa shape index (κ3) is 3.86. The highest BCUT2D eigenvalue weighted by atomic mass is 32.1. The summed E-state index contributed by atoms with van der Waals surface area (Å²) in [7, 11) is 0. The summed E-state index contributed by atoms with van der Waals surface area (Å²) in [6.45, 7) is 1.74. The highest BCUT2D eigenvalue weighted by molar-refractivity contribution is 7.13. The van der Waals surface area contributed by atoms with Crippen LogP contribution in [0.15, 0.2) is 40.2 Å². The van der Waals surface area contributed by atoms with Crippen LogP contribution >= 0.6 is 11.3 Å². The SMILES string of the molecule is CCOc1ccc(C(=O)OCc2nc(-c3cccs3)no2)cc1[N+](=O)[O-]. The lowest BCUT2D eigenvalue weighted by atomic mass is 10.2. The van der Waals surface area contributed by atoms with E-state index in [4.69, 9.17) is 14.0 Å². The summed E-state index contributed by atoms with van der Waals surface area (Å²) in [4.78, 5) is 27.6. The second-order valence-electron chi connectivity index (χ2n) is 4.94. The Balaban J connectivity index is 1.68. The Morgan fingerprint density at radius 2 is 2.23 bits per heavy atom. The van der Waals surface area contributed by atoms with E-state index >= 15 is 0 Å². The zero-order valence-electron chi connectivity index (χ0n) is 13.6. The molecule has 3 aromatic rings. The molecule has 0 saturated carbocycles. The van der Waals surface area contributed by atoms with Crippen molar-refractivity contribution < 1.29 is 23.7 Å². The fourth-order valence-electron chi connectivity index (χ4n) is 2.09. The summed E-state index contributed by atoms with van der Waals surface area (Å²) in [5, 5.41) is 16.8. The van der Waals surface area contributed by atoms with Crippen molar-refractivity contribution in [3.05, 3.63) is 57.3 Å². The minimum atomic E-state index is -0.743. The Labute approximate surface area is 151 Å². The van der Waals surface area contributed by atoms with Gasteiger partial charge in [-0.1, -0.05) is 11.2 Å². The first kappa shape index (κ1) is 17.5. The maximum atomic E-state index is 12.1. The van der Waals surface area contributed by atoms with Crippen LogP contribution in [0.4, 0.5) is 5.69 Å². The number of hydrogen-bond donors (Lipinski definition) is 0. The number of aromatic nitrogens is 2. The van der Waals surface area contributed by atoms with Crippen molar-refractivity contribution >= 4 is 23.0 Å². The lowest BCUT2D eigenvalue weighted by Crippen LogP contribution is -2.07. The first-order chi connectivity index (χ1) is 12.6. The Bertz CT molecular complexity index is 922. The van der Waals surface area contributed by atoms with Crippen LogP contribution in [0.5, 0.6) is 5.75 Å². The van der Waals surface area contributed by atoms with Crippen LogP contribution in [0.25, 0.3) is 10.7 Å². The third-order valence-corrected chi connectivity index (χ3v) is 4.09. The number of thiophene rings is 1. The van der Waals surface area contributed by atoms with Gasteiger partial charge in [-0.2, -0.15) is 4.98 Å². The lowest BCUT2D eigenvalue weighted by molar-refractivity contribution is -0.385. The van der Waals surface area contributed by atoms with Crippen LogP contribution in [0.1, 0.15) is 23.2 Å². The van der Waals surface area contributed by atoms with Crippen LogP contribution in [-0.2, 0) is 11.3 Å². The lowest BCUT2D eigenvalue weighted by Gasteiger charge is -2.06. The first-order valence-electron chi connectivity index (χ1n) is 7.53. The van der Waals surface area contributed by atoms with Gasteiger partial charge in [-0.05, 0) is 30.5 Å². The van der Waals surface area contributed by atoms with Crippen molar-refractivity contribution in [2.75, 3.05) is 6.61 Å². The first-order valence-corrected chi connectivity index (χ1v) is 8.41. The smallest absolute Gasteiger partial charge is 0.338 e. The normalized spacial score (nSPS) is 10.5. The van der Waals surface area contributed by atoms with Crippen molar-refractivity contribution in [1.82, 2.24) is 10.1 Å². The molecule has 0 amide bonds. The summed E-state index contributed by atoms with van der Waals surface area (Å²) >= 11 is 1.45. The van der Waals surface area contributed by atoms with Gasteiger partial charge in [0.05, 0.1) is 22.0 Å². The molecule has 2 heterocycles. The van der Waals surface area contributed by atoms with Gasteiger partial charge in [0, 0.05) is 6.07 Å². The number of hydrogen-bond acceptors (Lipinski definition) is 9. The maximum Gasteiger partial charge on any atom is 0.338 e. The van der Waals surface area contributed by atoms with Crippen molar-refractivity contribution in [1.29, 1.82) is 0 Å². The molecule has 0 aliphatic carbocycles. The predicted molar refractivity (Wildman–Crippen MR) is 91.0 cm³/mol. The number of carbonyl (C=O) groups is 1. The van der Waals surface area contributed by atoms with E-state index in [-0.39, 0.29) is 36.1 Å². The number of esters is 1. The van der Waals surface area contributed by atoms with Crippen molar-refractivity contribution in [3.8, 4) is 16.5 Å². The van der Waals surface area contributed by atoms with Crippen LogP contribution in [0, 0.1) is 10.1 Å². The van der Waals surface area contributed by atoms with Gasteiger partial charge in [0.15, 0.2) is 12.4 Å². The predicted octanol–water partition coefficient (Wildman–Crippen LogP) is 3.46. The molecule has 0 fully saturated rings. The molecule has 9 nitrogen and oxygen atoms in total. The number of rotatable bonds is 7. The van der Waals surface area contributed by atoms with Gasteiger partial charge in [0.2, 0.25) is 5.82 Å². The molecule has 0 spiro atoms. The number of benzene rings is 1. The molecule has 0 saturated heterocycles. The molecule has 0 atom stereocenters. The number of carbonyl (C=O) groups excluding carboxylic acids is 1. The van der Waals surface area contributed by atoms with Crippen molar-refractivity contribution in [2.24, 2.45) is 0 Å². The van der Waals surface area contributed by atoms with Crippen molar-refractivity contribution in [3.63, 3.8) is 0 Å². The highest BCUT2D eigenvalue weighted by Gasteiger charge is 2.20. The minimum Gasteiger partial charge on any atom is -0.487 e.